The molecule has 0 saturated carbocycles. The number of quaternary nitrogens is 1. The minimum Gasteiger partial charge on any atom is -0.352 e. The molecular formula is C23H32N3O3S+. The van der Waals surface area contributed by atoms with Crippen LogP contribution in [-0.4, -0.2) is 47.6 Å². The molecule has 0 spiro atoms. The number of amides is 1. The van der Waals surface area contributed by atoms with Gasteiger partial charge in [0.1, 0.15) is 0 Å². The van der Waals surface area contributed by atoms with E-state index in [4.69, 9.17) is 0 Å². The van der Waals surface area contributed by atoms with E-state index in [1.54, 1.807) is 29.2 Å². The average Bonchev–Trinajstić information content (AvgIpc) is 2.77. The third kappa shape index (κ3) is 5.61. The molecule has 0 bridgehead atoms. The Morgan fingerprint density at radius 1 is 1.07 bits per heavy atom. The van der Waals surface area contributed by atoms with Gasteiger partial charge in [-0.05, 0) is 56.5 Å². The van der Waals surface area contributed by atoms with Crippen molar-refractivity contribution in [3.63, 3.8) is 0 Å². The van der Waals surface area contributed by atoms with Crippen molar-refractivity contribution in [2.45, 2.75) is 37.5 Å². The molecule has 30 heavy (non-hydrogen) atoms. The molecule has 1 aliphatic rings. The van der Waals surface area contributed by atoms with E-state index in [9.17, 15) is 13.2 Å². The van der Waals surface area contributed by atoms with Gasteiger partial charge in [0.15, 0.2) is 0 Å². The van der Waals surface area contributed by atoms with Crippen LogP contribution in [0.15, 0.2) is 53.4 Å². The van der Waals surface area contributed by atoms with Gasteiger partial charge in [0.2, 0.25) is 0 Å². The zero-order valence-electron chi connectivity index (χ0n) is 17.9. The zero-order chi connectivity index (χ0) is 21.6. The number of piperidine rings is 1. The summed E-state index contributed by atoms with van der Waals surface area (Å²) in [5, 5.41) is 2.92. The summed E-state index contributed by atoms with van der Waals surface area (Å²) in [6, 6.07) is 13.5. The molecule has 162 valence electrons. The van der Waals surface area contributed by atoms with Crippen LogP contribution in [0.25, 0.3) is 0 Å². The number of hydrogen-bond donors (Lipinski definition) is 2. The van der Waals surface area contributed by atoms with Gasteiger partial charge in [-0.25, -0.2) is 8.42 Å². The molecule has 0 aliphatic carbocycles. The van der Waals surface area contributed by atoms with Gasteiger partial charge in [0.05, 0.1) is 30.2 Å². The first-order valence-corrected chi connectivity index (χ1v) is 12.1. The third-order valence-corrected chi connectivity index (χ3v) is 7.49. The Hall–Kier alpha value is -2.38. The number of hydrogen-bond acceptors (Lipinski definition) is 3. The zero-order valence-corrected chi connectivity index (χ0v) is 18.7. The minimum atomic E-state index is -3.75. The van der Waals surface area contributed by atoms with E-state index in [-0.39, 0.29) is 10.8 Å². The molecule has 0 atom stereocenters. The van der Waals surface area contributed by atoms with E-state index in [2.05, 4.69) is 5.32 Å². The van der Waals surface area contributed by atoms with Crippen LogP contribution < -0.4 is 14.5 Å². The Labute approximate surface area is 179 Å². The molecule has 3 rings (SSSR count). The van der Waals surface area contributed by atoms with E-state index in [1.165, 1.54) is 55.8 Å². The van der Waals surface area contributed by atoms with Gasteiger partial charge in [-0.3, -0.25) is 9.10 Å². The van der Waals surface area contributed by atoms with Crippen molar-refractivity contribution in [1.29, 1.82) is 0 Å². The van der Waals surface area contributed by atoms with Gasteiger partial charge in [0, 0.05) is 25.6 Å². The summed E-state index contributed by atoms with van der Waals surface area (Å²) in [7, 11) is -2.23. The number of sulfonamides is 1. The number of carbonyl (C=O) groups excluding carboxylic acids is 1. The fraction of sp³-hybridized carbons (Fsp3) is 0.435. The first-order chi connectivity index (χ1) is 14.4. The lowest BCUT2D eigenvalue weighted by Gasteiger charge is -2.23. The van der Waals surface area contributed by atoms with Gasteiger partial charge in [-0.2, -0.15) is 0 Å². The minimum absolute atomic E-state index is 0.107. The Morgan fingerprint density at radius 3 is 2.47 bits per heavy atom. The topological polar surface area (TPSA) is 70.9 Å². The fourth-order valence-corrected chi connectivity index (χ4v) is 5.04. The van der Waals surface area contributed by atoms with Crippen molar-refractivity contribution in [1.82, 2.24) is 5.32 Å². The maximum atomic E-state index is 13.0. The van der Waals surface area contributed by atoms with Crippen LogP contribution in [0.5, 0.6) is 0 Å². The van der Waals surface area contributed by atoms with Crippen LogP contribution in [0.3, 0.4) is 0 Å². The number of nitrogens with zero attached hydrogens (tertiary/aromatic N) is 1. The van der Waals surface area contributed by atoms with Crippen LogP contribution in [0.2, 0.25) is 0 Å². The number of rotatable bonds is 8. The molecule has 2 aromatic carbocycles. The van der Waals surface area contributed by atoms with Crippen LogP contribution in [0.4, 0.5) is 5.69 Å². The van der Waals surface area contributed by atoms with E-state index < -0.39 is 10.0 Å². The first-order valence-electron chi connectivity index (χ1n) is 10.7. The lowest BCUT2D eigenvalue weighted by Crippen LogP contribution is -3.12. The third-order valence-electron chi connectivity index (χ3n) is 5.71. The molecule has 1 aliphatic heterocycles. The van der Waals surface area contributed by atoms with E-state index in [1.807, 2.05) is 19.1 Å². The van der Waals surface area contributed by atoms with Gasteiger partial charge >= 0.3 is 0 Å². The van der Waals surface area contributed by atoms with Crippen molar-refractivity contribution in [3.8, 4) is 0 Å². The predicted octanol–water partition coefficient (Wildman–Crippen LogP) is 2.01. The quantitative estimate of drug-likeness (QED) is 0.630. The van der Waals surface area contributed by atoms with Gasteiger partial charge in [-0.1, -0.05) is 23.8 Å². The maximum Gasteiger partial charge on any atom is 0.264 e. The lowest BCUT2D eigenvalue weighted by molar-refractivity contribution is -0.904. The molecule has 2 N–H and O–H groups in total. The molecule has 1 saturated heterocycles. The van der Waals surface area contributed by atoms with E-state index >= 15 is 0 Å². The van der Waals surface area contributed by atoms with Crippen LogP contribution in [-0.2, 0) is 10.0 Å². The monoisotopic (exact) mass is 430 g/mol. The molecule has 1 heterocycles. The smallest absolute Gasteiger partial charge is 0.264 e. The largest absolute Gasteiger partial charge is 0.352 e. The molecular weight excluding hydrogens is 398 g/mol. The van der Waals surface area contributed by atoms with Crippen molar-refractivity contribution in [2.75, 3.05) is 37.5 Å². The van der Waals surface area contributed by atoms with Crippen molar-refractivity contribution in [2.24, 2.45) is 0 Å². The summed E-state index contributed by atoms with van der Waals surface area (Å²) in [5.74, 6) is -0.237. The SMILES string of the molecule is Cc1ccc(N(C)S(=O)(=O)c2cccc(C(=O)NCCC[NH+]3CCCCC3)c2)cc1. The first kappa shape index (κ1) is 22.3. The number of anilines is 1. The molecule has 0 aromatic heterocycles. The molecule has 0 unspecified atom stereocenters. The Balaban J connectivity index is 1.61. The highest BCUT2D eigenvalue weighted by Crippen LogP contribution is 2.23. The van der Waals surface area contributed by atoms with E-state index in [0.717, 1.165) is 18.5 Å². The van der Waals surface area contributed by atoms with Gasteiger partial charge in [0.25, 0.3) is 15.9 Å². The molecule has 7 heteroatoms. The second-order valence-electron chi connectivity index (χ2n) is 8.01. The van der Waals surface area contributed by atoms with Gasteiger partial charge < -0.3 is 10.2 Å². The summed E-state index contributed by atoms with van der Waals surface area (Å²) in [6.45, 7) is 6.07. The second-order valence-corrected chi connectivity index (χ2v) is 9.98. The highest BCUT2D eigenvalue weighted by Gasteiger charge is 2.22. The average molecular weight is 431 g/mol. The lowest BCUT2D eigenvalue weighted by atomic mass is 10.1. The highest BCUT2D eigenvalue weighted by atomic mass is 32.2. The summed E-state index contributed by atoms with van der Waals surface area (Å²) >= 11 is 0. The Bertz CT molecular complexity index is 952. The number of aryl methyl sites for hydroxylation is 1. The van der Waals surface area contributed by atoms with Gasteiger partial charge in [-0.15, -0.1) is 0 Å². The van der Waals surface area contributed by atoms with Crippen LogP contribution in [0, 0.1) is 6.92 Å². The molecule has 1 amide bonds. The number of benzene rings is 2. The summed E-state index contributed by atoms with van der Waals surface area (Å²) in [4.78, 5) is 14.2. The second kappa shape index (κ2) is 10.1. The summed E-state index contributed by atoms with van der Waals surface area (Å²) in [6.07, 6.45) is 4.84. The van der Waals surface area contributed by atoms with Crippen molar-refractivity contribution in [3.05, 3.63) is 59.7 Å². The fourth-order valence-electron chi connectivity index (χ4n) is 3.79. The molecule has 6 nitrogen and oxygen atoms in total. The number of carbonyl (C=O) groups is 1. The maximum absolute atomic E-state index is 13.0. The number of likely N-dealkylation sites (tertiary alicyclic amines) is 1. The number of nitrogens with one attached hydrogen (secondary N) is 2. The van der Waals surface area contributed by atoms with Crippen molar-refractivity contribution < 1.29 is 18.1 Å². The highest BCUT2D eigenvalue weighted by molar-refractivity contribution is 7.92. The summed E-state index contributed by atoms with van der Waals surface area (Å²) < 4.78 is 27.3. The van der Waals surface area contributed by atoms with Crippen molar-refractivity contribution >= 4 is 21.6 Å². The Morgan fingerprint density at radius 2 is 1.77 bits per heavy atom. The van der Waals surface area contributed by atoms with Crippen LogP contribution >= 0.6 is 0 Å². The van der Waals surface area contributed by atoms with E-state index in [0.29, 0.717) is 17.8 Å². The molecule has 1 fully saturated rings. The molecule has 0 radical (unpaired) electrons. The Kier molecular flexibility index (Phi) is 7.50. The summed E-state index contributed by atoms with van der Waals surface area (Å²) in [5.41, 5.74) is 2.00. The molecule has 2 aromatic rings. The predicted molar refractivity (Wildman–Crippen MR) is 120 cm³/mol. The normalized spacial score (nSPS) is 15.0. The van der Waals surface area contributed by atoms with Crippen LogP contribution in [0.1, 0.15) is 41.6 Å². The standard InChI is InChI=1S/C23H31N3O3S/c1-19-10-12-21(13-11-19)25(2)30(28,29)22-9-6-8-20(18-22)23(27)24-14-7-17-26-15-4-3-5-16-26/h6,8-13,18H,3-5,7,14-17H2,1-2H3,(H,24,27)/p+1.